The molecule has 114 valence electrons. The van der Waals surface area contributed by atoms with Crippen LogP contribution >= 0.6 is 0 Å². The third-order valence-corrected chi connectivity index (χ3v) is 3.00. The van der Waals surface area contributed by atoms with Crippen LogP contribution < -0.4 is 0 Å². The van der Waals surface area contributed by atoms with E-state index >= 15 is 0 Å². The minimum absolute atomic E-state index is 0.259. The molecule has 0 aromatic heterocycles. The molecule has 0 saturated carbocycles. The maximum atomic E-state index is 12.7. The number of esters is 1. The molecule has 0 saturated heterocycles. The Bertz CT molecular complexity index is 509. The first-order valence-corrected chi connectivity index (χ1v) is 7.19. The summed E-state index contributed by atoms with van der Waals surface area (Å²) in [5.41, 5.74) is 3.25. The van der Waals surface area contributed by atoms with Gasteiger partial charge in [-0.15, -0.1) is 0 Å². The monoisotopic (exact) mass is 290 g/mol. The van der Waals surface area contributed by atoms with Crippen molar-refractivity contribution in [2.24, 2.45) is 0 Å². The van der Waals surface area contributed by atoms with Crippen LogP contribution in [0.15, 0.2) is 47.6 Å². The molecule has 0 N–H and O–H groups in total. The number of carbonyl (C=O) groups is 1. The zero-order valence-corrected chi connectivity index (χ0v) is 13.0. The van der Waals surface area contributed by atoms with E-state index in [1.165, 1.54) is 17.7 Å². The highest BCUT2D eigenvalue weighted by Gasteiger charge is 2.01. The van der Waals surface area contributed by atoms with E-state index < -0.39 is 0 Å². The predicted octanol–water partition coefficient (Wildman–Crippen LogP) is 4.60. The van der Waals surface area contributed by atoms with Crippen LogP contribution in [-0.2, 0) is 16.0 Å². The number of rotatable bonds is 7. The third-order valence-electron chi connectivity index (χ3n) is 3.00. The van der Waals surface area contributed by atoms with E-state index in [1.54, 1.807) is 18.2 Å². The average molecular weight is 290 g/mol. The summed E-state index contributed by atoms with van der Waals surface area (Å²) in [4.78, 5) is 11.6. The maximum absolute atomic E-state index is 12.7. The van der Waals surface area contributed by atoms with Gasteiger partial charge in [0, 0.05) is 12.5 Å². The van der Waals surface area contributed by atoms with Crippen molar-refractivity contribution >= 4 is 5.97 Å². The van der Waals surface area contributed by atoms with Crippen LogP contribution in [0, 0.1) is 5.82 Å². The fourth-order valence-corrected chi connectivity index (χ4v) is 1.82. The lowest BCUT2D eigenvalue weighted by Gasteiger charge is -2.04. The lowest BCUT2D eigenvalue weighted by molar-refractivity contribution is -0.137. The standard InChI is InChI=1S/C18H23FO2/c1-14(2)5-4-6-15(3)13-18(20)21-12-11-16-7-9-17(19)10-8-16/h5,7-10,13H,4,6,11-12H2,1-3H3/b15-13+. The van der Waals surface area contributed by atoms with Crippen LogP contribution in [0.5, 0.6) is 0 Å². The first kappa shape index (κ1) is 17.2. The number of carbonyl (C=O) groups excluding carboxylic acids is 1. The van der Waals surface area contributed by atoms with Gasteiger partial charge < -0.3 is 4.74 Å². The molecule has 0 aliphatic heterocycles. The van der Waals surface area contributed by atoms with Gasteiger partial charge in [0.2, 0.25) is 0 Å². The molecule has 0 aliphatic rings. The summed E-state index contributed by atoms with van der Waals surface area (Å²) < 4.78 is 17.9. The molecule has 1 aromatic carbocycles. The fraction of sp³-hybridized carbons (Fsp3) is 0.389. The summed E-state index contributed by atoms with van der Waals surface area (Å²) in [6, 6.07) is 6.21. The second-order valence-electron chi connectivity index (χ2n) is 5.35. The molecule has 3 heteroatoms. The maximum Gasteiger partial charge on any atom is 0.330 e. The van der Waals surface area contributed by atoms with Gasteiger partial charge in [-0.2, -0.15) is 0 Å². The number of hydrogen-bond donors (Lipinski definition) is 0. The van der Waals surface area contributed by atoms with Crippen molar-refractivity contribution in [1.29, 1.82) is 0 Å². The lowest BCUT2D eigenvalue weighted by atomic mass is 10.1. The highest BCUT2D eigenvalue weighted by molar-refractivity contribution is 5.82. The number of benzene rings is 1. The van der Waals surface area contributed by atoms with E-state index in [0.717, 1.165) is 24.0 Å². The van der Waals surface area contributed by atoms with Crippen LogP contribution in [0.3, 0.4) is 0 Å². The van der Waals surface area contributed by atoms with Crippen LogP contribution in [0.1, 0.15) is 39.2 Å². The second-order valence-corrected chi connectivity index (χ2v) is 5.35. The zero-order valence-electron chi connectivity index (χ0n) is 13.0. The van der Waals surface area contributed by atoms with E-state index in [-0.39, 0.29) is 11.8 Å². The molecule has 0 heterocycles. The second kappa shape index (κ2) is 9.11. The Morgan fingerprint density at radius 3 is 2.48 bits per heavy atom. The molecule has 0 unspecified atom stereocenters. The predicted molar refractivity (Wildman–Crippen MR) is 83.5 cm³/mol. The van der Waals surface area contributed by atoms with Crippen molar-refractivity contribution in [3.63, 3.8) is 0 Å². The average Bonchev–Trinajstić information content (AvgIpc) is 2.40. The molecule has 1 aromatic rings. The Morgan fingerprint density at radius 1 is 1.19 bits per heavy atom. The van der Waals surface area contributed by atoms with Gasteiger partial charge >= 0.3 is 5.97 Å². The van der Waals surface area contributed by atoms with Crippen LogP contribution in [0.25, 0.3) is 0 Å². The molecular formula is C18H23FO2. The van der Waals surface area contributed by atoms with E-state index in [2.05, 4.69) is 19.9 Å². The van der Waals surface area contributed by atoms with Gasteiger partial charge in [-0.25, -0.2) is 9.18 Å². The van der Waals surface area contributed by atoms with Gasteiger partial charge in [-0.05, 0) is 51.3 Å². The van der Waals surface area contributed by atoms with Gasteiger partial charge in [0.15, 0.2) is 0 Å². The van der Waals surface area contributed by atoms with Crippen molar-refractivity contribution in [2.75, 3.05) is 6.61 Å². The summed E-state index contributed by atoms with van der Waals surface area (Å²) in [5, 5.41) is 0. The molecule has 21 heavy (non-hydrogen) atoms. The minimum atomic E-state index is -0.313. The largest absolute Gasteiger partial charge is 0.462 e. The minimum Gasteiger partial charge on any atom is -0.462 e. The van der Waals surface area contributed by atoms with E-state index in [4.69, 9.17) is 4.74 Å². The SMILES string of the molecule is CC(C)=CCC/C(C)=C/C(=O)OCCc1ccc(F)cc1. The summed E-state index contributed by atoms with van der Waals surface area (Å²) >= 11 is 0. The van der Waals surface area contributed by atoms with Gasteiger partial charge in [0.25, 0.3) is 0 Å². The highest BCUT2D eigenvalue weighted by atomic mass is 19.1. The fourth-order valence-electron chi connectivity index (χ4n) is 1.82. The summed E-state index contributed by atoms with van der Waals surface area (Å²) in [5.74, 6) is -0.572. The Hall–Kier alpha value is -1.90. The van der Waals surface area contributed by atoms with Crippen LogP contribution in [-0.4, -0.2) is 12.6 Å². The van der Waals surface area contributed by atoms with Crippen LogP contribution in [0.4, 0.5) is 4.39 Å². The number of allylic oxidation sites excluding steroid dienone is 3. The molecule has 0 aliphatic carbocycles. The van der Waals surface area contributed by atoms with Crippen LogP contribution in [0.2, 0.25) is 0 Å². The van der Waals surface area contributed by atoms with Gasteiger partial charge in [-0.1, -0.05) is 29.4 Å². The Morgan fingerprint density at radius 2 is 1.86 bits per heavy atom. The molecule has 0 radical (unpaired) electrons. The first-order chi connectivity index (χ1) is 9.97. The Kier molecular flexibility index (Phi) is 7.44. The molecule has 2 nitrogen and oxygen atoms in total. The van der Waals surface area contributed by atoms with Crippen molar-refractivity contribution < 1.29 is 13.9 Å². The molecule has 0 bridgehead atoms. The third kappa shape index (κ3) is 8.08. The molecule has 0 atom stereocenters. The smallest absolute Gasteiger partial charge is 0.330 e. The van der Waals surface area contributed by atoms with E-state index in [1.807, 2.05) is 6.92 Å². The Balaban J connectivity index is 2.29. The molecule has 0 fully saturated rings. The summed E-state index contributed by atoms with van der Waals surface area (Å²) in [7, 11) is 0. The number of halogens is 1. The zero-order chi connectivity index (χ0) is 15.7. The number of hydrogen-bond acceptors (Lipinski definition) is 2. The normalized spacial score (nSPS) is 11.1. The van der Waals surface area contributed by atoms with Crippen molar-refractivity contribution in [3.05, 3.63) is 58.9 Å². The lowest BCUT2D eigenvalue weighted by Crippen LogP contribution is -2.05. The first-order valence-electron chi connectivity index (χ1n) is 7.19. The van der Waals surface area contributed by atoms with Gasteiger partial charge in [0.05, 0.1) is 6.61 Å². The van der Waals surface area contributed by atoms with Gasteiger partial charge in [0.1, 0.15) is 5.82 Å². The van der Waals surface area contributed by atoms with E-state index in [9.17, 15) is 9.18 Å². The highest BCUT2D eigenvalue weighted by Crippen LogP contribution is 2.07. The number of ether oxygens (including phenoxy) is 1. The van der Waals surface area contributed by atoms with Crippen molar-refractivity contribution in [2.45, 2.75) is 40.0 Å². The quantitative estimate of drug-likeness (QED) is 0.416. The summed E-state index contributed by atoms with van der Waals surface area (Å²) in [6.45, 7) is 6.35. The van der Waals surface area contributed by atoms with Gasteiger partial charge in [-0.3, -0.25) is 0 Å². The van der Waals surface area contributed by atoms with Crippen molar-refractivity contribution in [3.8, 4) is 0 Å². The topological polar surface area (TPSA) is 26.3 Å². The molecule has 0 amide bonds. The van der Waals surface area contributed by atoms with Crippen molar-refractivity contribution in [1.82, 2.24) is 0 Å². The van der Waals surface area contributed by atoms with E-state index in [0.29, 0.717) is 13.0 Å². The molecule has 1 rings (SSSR count). The summed E-state index contributed by atoms with van der Waals surface area (Å²) in [6.07, 6.45) is 6.09. The molecular weight excluding hydrogens is 267 g/mol. The molecule has 0 spiro atoms. The Labute approximate surface area is 126 Å².